The van der Waals surface area contributed by atoms with Crippen LogP contribution in [-0.2, 0) is 9.59 Å². The van der Waals surface area contributed by atoms with Crippen molar-refractivity contribution in [1.82, 2.24) is 9.80 Å². The predicted octanol–water partition coefficient (Wildman–Crippen LogP) is 1.94. The van der Waals surface area contributed by atoms with Crippen LogP contribution in [-0.4, -0.2) is 52.5 Å². The summed E-state index contributed by atoms with van der Waals surface area (Å²) in [6, 6.07) is -0.878. The normalized spacial score (nSPS) is 23.3. The molecule has 114 valence electrons. The Morgan fingerprint density at radius 2 is 1.80 bits per heavy atom. The van der Waals surface area contributed by atoms with Crippen molar-refractivity contribution in [2.24, 2.45) is 0 Å². The lowest BCUT2D eigenvalue weighted by molar-refractivity contribution is -0.187. The van der Waals surface area contributed by atoms with Gasteiger partial charge in [-0.25, -0.2) is 0 Å². The van der Waals surface area contributed by atoms with Crippen LogP contribution in [0.5, 0.6) is 0 Å². The van der Waals surface area contributed by atoms with Gasteiger partial charge in [-0.15, -0.1) is 0 Å². The minimum atomic E-state index is -4.91. The van der Waals surface area contributed by atoms with Crippen LogP contribution in [0.15, 0.2) is 0 Å². The van der Waals surface area contributed by atoms with Crippen molar-refractivity contribution in [3.8, 4) is 0 Å². The zero-order chi connectivity index (χ0) is 15.1. The molecule has 0 aromatic rings. The number of likely N-dealkylation sites (tertiary alicyclic amines) is 1. The van der Waals surface area contributed by atoms with Crippen LogP contribution in [0, 0.1) is 0 Å². The van der Waals surface area contributed by atoms with Crippen molar-refractivity contribution in [2.45, 2.75) is 63.8 Å². The molecule has 0 N–H and O–H groups in total. The molecular weight excluding hydrogens is 273 g/mol. The van der Waals surface area contributed by atoms with Gasteiger partial charge in [0.15, 0.2) is 0 Å². The highest BCUT2D eigenvalue weighted by Crippen LogP contribution is 2.32. The molecule has 1 atom stereocenters. The molecule has 20 heavy (non-hydrogen) atoms. The zero-order valence-electron chi connectivity index (χ0n) is 11.6. The molecule has 1 heterocycles. The van der Waals surface area contributed by atoms with Crippen molar-refractivity contribution < 1.29 is 22.8 Å². The molecule has 4 nitrogen and oxygen atoms in total. The first-order valence-electron chi connectivity index (χ1n) is 6.93. The molecule has 1 saturated carbocycles. The molecule has 0 spiro atoms. The summed E-state index contributed by atoms with van der Waals surface area (Å²) < 4.78 is 37.7. The molecule has 1 saturated heterocycles. The highest BCUT2D eigenvalue weighted by molar-refractivity contribution is 5.90. The average molecular weight is 292 g/mol. The molecule has 2 fully saturated rings. The molecular formula is C13H19F3N2O2. The second-order valence-electron chi connectivity index (χ2n) is 5.72. The summed E-state index contributed by atoms with van der Waals surface area (Å²) in [6.45, 7) is 3.70. The lowest BCUT2D eigenvalue weighted by Crippen LogP contribution is -2.53. The van der Waals surface area contributed by atoms with E-state index in [1.807, 2.05) is 13.8 Å². The minimum absolute atomic E-state index is 0.00531. The van der Waals surface area contributed by atoms with Gasteiger partial charge in [-0.1, -0.05) is 0 Å². The number of hydrogen-bond acceptors (Lipinski definition) is 2. The molecule has 7 heteroatoms. The van der Waals surface area contributed by atoms with Crippen LogP contribution < -0.4 is 0 Å². The maximum absolute atomic E-state index is 12.6. The number of hydrogen-bond donors (Lipinski definition) is 0. The second-order valence-corrected chi connectivity index (χ2v) is 5.72. The van der Waals surface area contributed by atoms with E-state index in [-0.39, 0.29) is 24.5 Å². The molecule has 0 aromatic carbocycles. The van der Waals surface area contributed by atoms with Crippen molar-refractivity contribution in [3.05, 3.63) is 0 Å². The molecule has 1 unspecified atom stereocenters. The second kappa shape index (κ2) is 5.26. The van der Waals surface area contributed by atoms with E-state index in [1.54, 1.807) is 4.90 Å². The van der Waals surface area contributed by atoms with Gasteiger partial charge in [0.25, 0.3) is 0 Å². The summed E-state index contributed by atoms with van der Waals surface area (Å²) in [5.74, 6) is -2.23. The molecule has 2 amide bonds. The van der Waals surface area contributed by atoms with Gasteiger partial charge in [0, 0.05) is 18.6 Å². The van der Waals surface area contributed by atoms with Crippen LogP contribution in [0.4, 0.5) is 13.2 Å². The van der Waals surface area contributed by atoms with Crippen LogP contribution in [0.3, 0.4) is 0 Å². The van der Waals surface area contributed by atoms with Crippen molar-refractivity contribution >= 4 is 11.8 Å². The highest BCUT2D eigenvalue weighted by atomic mass is 19.4. The Kier molecular flexibility index (Phi) is 3.97. The molecule has 1 aliphatic carbocycles. The fraction of sp³-hybridized carbons (Fsp3) is 0.846. The Morgan fingerprint density at radius 3 is 2.25 bits per heavy atom. The summed E-state index contributed by atoms with van der Waals surface area (Å²) in [6.07, 6.45) is -2.37. The quantitative estimate of drug-likeness (QED) is 0.797. The Balaban J connectivity index is 2.13. The van der Waals surface area contributed by atoms with E-state index < -0.39 is 18.1 Å². The fourth-order valence-corrected chi connectivity index (χ4v) is 2.81. The lowest BCUT2D eigenvalue weighted by atomic mass is 10.1. The van der Waals surface area contributed by atoms with Crippen LogP contribution in [0.2, 0.25) is 0 Å². The molecule has 1 aliphatic heterocycles. The van der Waals surface area contributed by atoms with E-state index in [9.17, 15) is 22.8 Å². The van der Waals surface area contributed by atoms with Crippen molar-refractivity contribution in [1.29, 1.82) is 0 Å². The minimum Gasteiger partial charge on any atom is -0.335 e. The number of halogens is 3. The van der Waals surface area contributed by atoms with Crippen molar-refractivity contribution in [2.75, 3.05) is 6.54 Å². The third-order valence-electron chi connectivity index (χ3n) is 3.79. The number of rotatable bonds is 3. The van der Waals surface area contributed by atoms with Gasteiger partial charge in [0.1, 0.15) is 6.04 Å². The standard InChI is InChI=1S/C13H19F3N2O2/c1-8(2)18(9-5-6-9)11(19)10-4-3-7-17(10)12(20)13(14,15)16/h8-10H,3-7H2,1-2H3. The Labute approximate surface area is 115 Å². The number of carbonyl (C=O) groups is 2. The van der Waals surface area contributed by atoms with E-state index in [0.29, 0.717) is 17.7 Å². The Hall–Kier alpha value is -1.27. The lowest BCUT2D eigenvalue weighted by Gasteiger charge is -2.33. The summed E-state index contributed by atoms with van der Waals surface area (Å²) in [7, 11) is 0. The van der Waals surface area contributed by atoms with E-state index in [2.05, 4.69) is 0 Å². The maximum Gasteiger partial charge on any atom is 0.471 e. The van der Waals surface area contributed by atoms with Crippen LogP contribution in [0.1, 0.15) is 39.5 Å². The van der Waals surface area contributed by atoms with Gasteiger partial charge in [0.05, 0.1) is 0 Å². The Bertz CT molecular complexity index is 403. The third-order valence-corrected chi connectivity index (χ3v) is 3.79. The summed E-state index contributed by atoms with van der Waals surface area (Å²) in [5, 5.41) is 0. The summed E-state index contributed by atoms with van der Waals surface area (Å²) >= 11 is 0. The van der Waals surface area contributed by atoms with E-state index in [4.69, 9.17) is 0 Å². The van der Waals surface area contributed by atoms with Crippen LogP contribution in [0.25, 0.3) is 0 Å². The first-order valence-corrected chi connectivity index (χ1v) is 6.93. The van der Waals surface area contributed by atoms with Gasteiger partial charge in [0.2, 0.25) is 5.91 Å². The third kappa shape index (κ3) is 2.91. The monoisotopic (exact) mass is 292 g/mol. The molecule has 0 aromatic heterocycles. The summed E-state index contributed by atoms with van der Waals surface area (Å²) in [5.41, 5.74) is 0. The predicted molar refractivity (Wildman–Crippen MR) is 65.8 cm³/mol. The molecule has 0 radical (unpaired) electrons. The largest absolute Gasteiger partial charge is 0.471 e. The van der Waals surface area contributed by atoms with Gasteiger partial charge in [-0.05, 0) is 39.5 Å². The van der Waals surface area contributed by atoms with Gasteiger partial charge < -0.3 is 9.80 Å². The van der Waals surface area contributed by atoms with Gasteiger partial charge >= 0.3 is 12.1 Å². The van der Waals surface area contributed by atoms with E-state index >= 15 is 0 Å². The summed E-state index contributed by atoms with van der Waals surface area (Å²) in [4.78, 5) is 26.2. The van der Waals surface area contributed by atoms with Gasteiger partial charge in [-0.3, -0.25) is 9.59 Å². The first-order chi connectivity index (χ1) is 9.23. The first kappa shape index (κ1) is 15.1. The SMILES string of the molecule is CC(C)N(C(=O)C1CCCN1C(=O)C(F)(F)F)C1CC1. The molecule has 2 aliphatic rings. The fourth-order valence-electron chi connectivity index (χ4n) is 2.81. The van der Waals surface area contributed by atoms with Crippen molar-refractivity contribution in [3.63, 3.8) is 0 Å². The molecule has 0 bridgehead atoms. The molecule has 2 rings (SSSR count). The number of alkyl halides is 3. The zero-order valence-corrected chi connectivity index (χ0v) is 11.6. The van der Waals surface area contributed by atoms with E-state index in [1.165, 1.54) is 0 Å². The highest BCUT2D eigenvalue weighted by Gasteiger charge is 2.49. The number of amides is 2. The number of carbonyl (C=O) groups excluding carboxylic acids is 2. The van der Waals surface area contributed by atoms with Gasteiger partial charge in [-0.2, -0.15) is 13.2 Å². The van der Waals surface area contributed by atoms with E-state index in [0.717, 1.165) is 12.8 Å². The topological polar surface area (TPSA) is 40.6 Å². The smallest absolute Gasteiger partial charge is 0.335 e. The van der Waals surface area contributed by atoms with Crippen LogP contribution >= 0.6 is 0 Å². The number of nitrogens with zero attached hydrogens (tertiary/aromatic N) is 2. The average Bonchev–Trinajstić information content (AvgIpc) is 3.03. The maximum atomic E-state index is 12.6. The Morgan fingerprint density at radius 1 is 1.20 bits per heavy atom.